The van der Waals surface area contributed by atoms with Gasteiger partial charge in [0.25, 0.3) is 0 Å². The van der Waals surface area contributed by atoms with Crippen molar-refractivity contribution in [3.05, 3.63) is 143 Å². The summed E-state index contributed by atoms with van der Waals surface area (Å²) in [4.78, 5) is 74.2. The zero-order valence-corrected chi connectivity index (χ0v) is 46.8. The molecule has 2 saturated carbocycles. The van der Waals surface area contributed by atoms with Gasteiger partial charge in [-0.05, 0) is 86.2 Å². The Morgan fingerprint density at radius 2 is 1.40 bits per heavy atom. The summed E-state index contributed by atoms with van der Waals surface area (Å²) in [7, 11) is 3.10. The van der Waals surface area contributed by atoms with Crippen molar-refractivity contribution in [3.63, 3.8) is 0 Å². The highest BCUT2D eigenvalue weighted by Crippen LogP contribution is 2.70. The van der Waals surface area contributed by atoms with Gasteiger partial charge in [0.1, 0.15) is 42.5 Å². The van der Waals surface area contributed by atoms with E-state index in [9.17, 15) is 19.5 Å². The molecule has 5 fully saturated rings. The first-order valence-electron chi connectivity index (χ1n) is 27.3. The van der Waals surface area contributed by atoms with E-state index >= 15 is 9.59 Å². The normalized spacial score (nSPS) is 32.2. The molecule has 0 spiro atoms. The molecule has 3 heterocycles. The summed E-state index contributed by atoms with van der Waals surface area (Å²) < 4.78 is 71.2. The van der Waals surface area contributed by atoms with Crippen molar-refractivity contribution in [2.75, 3.05) is 20.8 Å². The number of benzene rings is 4. The maximum Gasteiger partial charge on any atom is 0.412 e. The third kappa shape index (κ3) is 9.79. The number of aliphatic hydroxyl groups is 1. The number of amides is 1. The fraction of sp³-hybridized carbons (Fsp3) is 0.500. The summed E-state index contributed by atoms with van der Waals surface area (Å²) in [6.07, 6.45) is -11.0. The summed E-state index contributed by atoms with van der Waals surface area (Å²) in [5, 5.41) is 13.4. The van der Waals surface area contributed by atoms with Crippen LogP contribution in [0.15, 0.2) is 120 Å². The average Bonchev–Trinajstić information content (AvgIpc) is 2.84. The van der Waals surface area contributed by atoms with E-state index in [1.165, 1.54) is 18.7 Å². The molecular formula is C62H71NO17. The Hall–Kier alpha value is -6.83. The van der Waals surface area contributed by atoms with Crippen LogP contribution in [-0.2, 0) is 63.6 Å². The summed E-state index contributed by atoms with van der Waals surface area (Å²) in [6, 6.07) is 30.8. The molecule has 0 bridgehead atoms. The van der Waals surface area contributed by atoms with E-state index in [1.54, 1.807) is 114 Å². The molecule has 3 unspecified atom stereocenters. The van der Waals surface area contributed by atoms with E-state index in [0.717, 1.165) is 5.56 Å². The summed E-state index contributed by atoms with van der Waals surface area (Å²) in [5.41, 5.74) is -3.98. The summed E-state index contributed by atoms with van der Waals surface area (Å²) in [5.74, 6) is -3.00. The van der Waals surface area contributed by atoms with Crippen molar-refractivity contribution in [2.45, 2.75) is 154 Å². The molecule has 1 N–H and O–H groups in total. The molecule has 3 aliphatic heterocycles. The Morgan fingerprint density at radius 1 is 0.775 bits per heavy atom. The Labute approximate surface area is 465 Å². The van der Waals surface area contributed by atoms with Crippen LogP contribution in [0, 0.1) is 22.7 Å². The van der Waals surface area contributed by atoms with Gasteiger partial charge in [0.15, 0.2) is 30.3 Å². The standard InChI is InChI=1S/C62H71NO17/c1-34(2)29-44-49(77-54(39-21-25-42(70-9)26-22-39)63(44)58(68)72-32-38-17-13-11-14-18-38)56(67)75-45-31-61(59(6,7)69)48(35(45)3)50(74-36(4)64)52-60(8)46(76-57(79-52)41-23-27-43(71-10)28-24-41)30-47-62(33-73-47,80-37(5)65)51(60)53(61)78-55(66)40-19-15-12-16-20-40/h11-28,34,44-47,49-54,57,69H,29-33H2,1-10H3/t44-,45-,46-,47+,49?,50-,51-,52-,53-,54?,57?,60+,61-,62-/m0/s1. The minimum atomic E-state index is -1.95. The second-order valence-corrected chi connectivity index (χ2v) is 23.0. The molecule has 3 aliphatic carbocycles. The Bertz CT molecular complexity index is 2980. The van der Waals surface area contributed by atoms with Crippen molar-refractivity contribution >= 4 is 30.0 Å². The lowest BCUT2D eigenvalue weighted by molar-refractivity contribution is -0.401. The smallest absolute Gasteiger partial charge is 0.412 e. The van der Waals surface area contributed by atoms with Crippen LogP contribution < -0.4 is 9.47 Å². The number of esters is 4. The highest BCUT2D eigenvalue weighted by atomic mass is 16.7. The highest BCUT2D eigenvalue weighted by molar-refractivity contribution is 5.89. The van der Waals surface area contributed by atoms with Gasteiger partial charge < -0.3 is 57.2 Å². The van der Waals surface area contributed by atoms with Gasteiger partial charge in [0, 0.05) is 43.2 Å². The number of nitrogens with zero attached hydrogens (tertiary/aromatic N) is 1. The predicted molar refractivity (Wildman–Crippen MR) is 285 cm³/mol. The summed E-state index contributed by atoms with van der Waals surface area (Å²) in [6.45, 7) is 13.1. The lowest BCUT2D eigenvalue weighted by Gasteiger charge is -2.67. The maximum atomic E-state index is 15.5. The molecule has 426 valence electrons. The van der Waals surface area contributed by atoms with Gasteiger partial charge in [-0.3, -0.25) is 14.5 Å². The number of carbonyl (C=O) groups is 5. The lowest BCUT2D eigenvalue weighted by atomic mass is 9.49. The molecule has 0 aromatic heterocycles. The topological polar surface area (TPSA) is 210 Å². The predicted octanol–water partition coefficient (Wildman–Crippen LogP) is 8.92. The van der Waals surface area contributed by atoms with E-state index in [0.29, 0.717) is 28.2 Å². The molecular weight excluding hydrogens is 1030 g/mol. The number of ether oxygens (including phenoxy) is 11. The quantitative estimate of drug-likeness (QED) is 0.0669. The van der Waals surface area contributed by atoms with E-state index < -0.39 is 119 Å². The molecule has 0 radical (unpaired) electrons. The van der Waals surface area contributed by atoms with Gasteiger partial charge in [0.2, 0.25) is 0 Å². The first-order valence-corrected chi connectivity index (χ1v) is 27.3. The van der Waals surface area contributed by atoms with Crippen LogP contribution in [0.4, 0.5) is 4.79 Å². The second kappa shape index (κ2) is 21.9. The van der Waals surface area contributed by atoms with Gasteiger partial charge in [0.05, 0.1) is 55.5 Å². The number of carbonyl (C=O) groups excluding carboxylic acids is 5. The number of methoxy groups -OCH3 is 2. The number of hydrogen-bond acceptors (Lipinski definition) is 17. The Morgan fingerprint density at radius 3 is 1.96 bits per heavy atom. The van der Waals surface area contributed by atoms with Crippen molar-refractivity contribution in [2.24, 2.45) is 22.7 Å². The van der Waals surface area contributed by atoms with Gasteiger partial charge in [-0.1, -0.05) is 93.6 Å². The largest absolute Gasteiger partial charge is 0.497 e. The van der Waals surface area contributed by atoms with Crippen LogP contribution in [-0.4, -0.2) is 121 Å². The molecule has 10 rings (SSSR count). The first kappa shape index (κ1) is 56.4. The maximum absolute atomic E-state index is 15.5. The number of rotatable bonds is 15. The van der Waals surface area contributed by atoms with Crippen LogP contribution in [0.25, 0.3) is 0 Å². The number of hydrogen-bond donors (Lipinski definition) is 1. The molecule has 80 heavy (non-hydrogen) atoms. The highest BCUT2D eigenvalue weighted by Gasteiger charge is 2.81. The van der Waals surface area contributed by atoms with E-state index in [1.807, 2.05) is 51.1 Å². The SMILES string of the molecule is COc1ccc(C2O[C@H]3C[C@H]4OC[C@@]4(OC(C)=O)[C@H]4[C@H](OC(=O)c5ccccc5)[C@]5(C(C)(C)O)C[C@H](OC(=O)C6OC(c7ccc(OC)cc7)N(C(=O)OCc7ccccc7)[C@H]6CC(C)C)C(C)=C5[C@H](OC(C)=O)[C@H](O2)[C@]34C)cc1. The van der Waals surface area contributed by atoms with E-state index in [4.69, 9.17) is 52.1 Å². The van der Waals surface area contributed by atoms with Crippen molar-refractivity contribution in [3.8, 4) is 11.5 Å². The van der Waals surface area contributed by atoms with Gasteiger partial charge in [-0.15, -0.1) is 0 Å². The van der Waals surface area contributed by atoms with Crippen LogP contribution in [0.2, 0.25) is 0 Å². The van der Waals surface area contributed by atoms with Crippen molar-refractivity contribution in [1.29, 1.82) is 0 Å². The summed E-state index contributed by atoms with van der Waals surface area (Å²) >= 11 is 0. The van der Waals surface area contributed by atoms with Crippen molar-refractivity contribution in [1.82, 2.24) is 4.90 Å². The molecule has 4 aromatic rings. The van der Waals surface area contributed by atoms with Crippen molar-refractivity contribution < 1.29 is 81.2 Å². The number of fused-ring (bicyclic) bond motifs is 3. The minimum Gasteiger partial charge on any atom is -0.497 e. The molecule has 18 heteroatoms. The molecule has 4 aromatic carbocycles. The fourth-order valence-electron chi connectivity index (χ4n) is 13.8. The third-order valence-electron chi connectivity index (χ3n) is 17.4. The van der Waals surface area contributed by atoms with E-state index in [2.05, 4.69) is 0 Å². The van der Waals surface area contributed by atoms with Gasteiger partial charge in [-0.25, -0.2) is 14.4 Å². The first-order chi connectivity index (χ1) is 38.1. The minimum absolute atomic E-state index is 0.0491. The molecule has 6 aliphatic rings. The molecule has 3 saturated heterocycles. The second-order valence-electron chi connectivity index (χ2n) is 23.0. The molecule has 18 nitrogen and oxygen atoms in total. The zero-order valence-electron chi connectivity index (χ0n) is 46.8. The van der Waals surface area contributed by atoms with Crippen LogP contribution in [0.1, 0.15) is 114 Å². The molecule has 1 amide bonds. The van der Waals surface area contributed by atoms with Crippen LogP contribution in [0.3, 0.4) is 0 Å². The average molecular weight is 1100 g/mol. The van der Waals surface area contributed by atoms with Gasteiger partial charge in [-0.2, -0.15) is 0 Å². The third-order valence-corrected chi connectivity index (χ3v) is 17.4. The lowest BCUT2D eigenvalue weighted by Crippen LogP contribution is -2.80. The Kier molecular flexibility index (Phi) is 15.5. The zero-order chi connectivity index (χ0) is 57.1. The van der Waals surface area contributed by atoms with Crippen LogP contribution in [0.5, 0.6) is 11.5 Å². The van der Waals surface area contributed by atoms with Gasteiger partial charge >= 0.3 is 30.0 Å². The monoisotopic (exact) mass is 1100 g/mol. The van der Waals surface area contributed by atoms with E-state index in [-0.39, 0.29) is 49.5 Å². The molecule has 14 atom stereocenters. The fourth-order valence-corrected chi connectivity index (χ4v) is 13.8. The Balaban J connectivity index is 1.13. The van der Waals surface area contributed by atoms with Crippen LogP contribution >= 0.6 is 0 Å².